The van der Waals surface area contributed by atoms with Gasteiger partial charge in [0, 0.05) is 0 Å². The van der Waals surface area contributed by atoms with Crippen molar-refractivity contribution in [1.82, 2.24) is 4.98 Å². The molecule has 1 aliphatic carbocycles. The quantitative estimate of drug-likeness (QED) is 0.701. The van der Waals surface area contributed by atoms with Crippen molar-refractivity contribution in [2.75, 3.05) is 4.72 Å². The van der Waals surface area contributed by atoms with Crippen LogP contribution in [-0.2, 0) is 10.0 Å². The van der Waals surface area contributed by atoms with Gasteiger partial charge in [0.15, 0.2) is 0 Å². The summed E-state index contributed by atoms with van der Waals surface area (Å²) in [6, 6.07) is 17.9. The van der Waals surface area contributed by atoms with E-state index in [1.807, 2.05) is 18.2 Å². The highest BCUT2D eigenvalue weighted by molar-refractivity contribution is 7.92. The fourth-order valence-corrected chi connectivity index (χ4v) is 3.49. The number of phenols is 1. The van der Waals surface area contributed by atoms with Crippen LogP contribution >= 0.6 is 0 Å². The lowest BCUT2D eigenvalue weighted by Gasteiger charge is -2.06. The summed E-state index contributed by atoms with van der Waals surface area (Å²) in [4.78, 5) is 3.75. The first-order valence-corrected chi connectivity index (χ1v) is 9.91. The summed E-state index contributed by atoms with van der Waals surface area (Å²) < 4.78 is 38.5. The Hall–Kier alpha value is -2.93. The van der Waals surface area contributed by atoms with Gasteiger partial charge in [-0.05, 0) is 54.7 Å². The number of anilines is 1. The molecule has 7 heteroatoms. The second-order valence-electron chi connectivity index (χ2n) is 6.11. The fraction of sp³-hybridized carbons (Fsp3) is 0.150. The van der Waals surface area contributed by atoms with Gasteiger partial charge in [0.2, 0.25) is 0 Å². The maximum Gasteiger partial charge on any atom is 0.263 e. The highest BCUT2D eigenvalue weighted by Crippen LogP contribution is 2.43. The third kappa shape index (κ3) is 5.27. The van der Waals surface area contributed by atoms with E-state index >= 15 is 0 Å². The lowest BCUT2D eigenvalue weighted by Crippen LogP contribution is -2.13. The molecule has 1 fully saturated rings. The Balaban J connectivity index is 0.000000177. The normalized spacial score (nSPS) is 13.4. The van der Waals surface area contributed by atoms with Crippen LogP contribution in [0.3, 0.4) is 0 Å². The number of halogens is 1. The van der Waals surface area contributed by atoms with Crippen LogP contribution in [0.2, 0.25) is 0 Å². The van der Waals surface area contributed by atoms with E-state index < -0.39 is 15.8 Å². The number of hydrogen-bond acceptors (Lipinski definition) is 4. The van der Waals surface area contributed by atoms with Crippen LogP contribution in [0, 0.1) is 5.82 Å². The van der Waals surface area contributed by atoms with Crippen molar-refractivity contribution in [1.29, 1.82) is 0 Å². The maximum atomic E-state index is 12.6. The number of aromatic nitrogens is 1. The van der Waals surface area contributed by atoms with Crippen LogP contribution in [0.15, 0.2) is 77.8 Å². The highest BCUT2D eigenvalue weighted by Gasteiger charge is 2.25. The Labute approximate surface area is 157 Å². The van der Waals surface area contributed by atoms with E-state index in [0.717, 1.165) is 17.8 Å². The van der Waals surface area contributed by atoms with Gasteiger partial charge < -0.3 is 5.11 Å². The van der Waals surface area contributed by atoms with Crippen molar-refractivity contribution >= 4 is 15.8 Å². The Morgan fingerprint density at radius 3 is 2.22 bits per heavy atom. The molecule has 4 rings (SSSR count). The van der Waals surface area contributed by atoms with Gasteiger partial charge in [-0.1, -0.05) is 36.4 Å². The number of aromatic hydroxyl groups is 1. The van der Waals surface area contributed by atoms with Gasteiger partial charge >= 0.3 is 0 Å². The Bertz CT molecular complexity index is 989. The molecule has 2 N–H and O–H groups in total. The molecule has 5 nitrogen and oxygen atoms in total. The molecule has 1 aliphatic rings. The number of pyridine rings is 1. The van der Waals surface area contributed by atoms with E-state index in [0.29, 0.717) is 11.7 Å². The highest BCUT2D eigenvalue weighted by atomic mass is 32.2. The minimum atomic E-state index is -3.66. The molecular formula is C20H19FN2O3S. The van der Waals surface area contributed by atoms with Crippen molar-refractivity contribution < 1.29 is 17.9 Å². The summed E-state index contributed by atoms with van der Waals surface area (Å²) in [5.41, 5.74) is 1.13. The summed E-state index contributed by atoms with van der Waals surface area (Å²) in [6.07, 6.45) is 3.44. The molecule has 0 amide bonds. The second-order valence-corrected chi connectivity index (χ2v) is 7.80. The van der Waals surface area contributed by atoms with Crippen LogP contribution < -0.4 is 4.72 Å². The van der Waals surface area contributed by atoms with Gasteiger partial charge in [-0.15, -0.1) is 0 Å². The van der Waals surface area contributed by atoms with Crippen LogP contribution in [-0.4, -0.2) is 18.5 Å². The summed E-state index contributed by atoms with van der Waals surface area (Å²) in [5, 5.41) is 9.32. The van der Waals surface area contributed by atoms with E-state index in [4.69, 9.17) is 0 Å². The van der Waals surface area contributed by atoms with Gasteiger partial charge in [0.1, 0.15) is 17.4 Å². The van der Waals surface area contributed by atoms with E-state index in [1.54, 1.807) is 24.3 Å². The first kappa shape index (κ1) is 18.8. The Morgan fingerprint density at radius 2 is 1.63 bits per heavy atom. The average molecular weight is 386 g/mol. The summed E-state index contributed by atoms with van der Waals surface area (Å²) in [6.45, 7) is 0. The monoisotopic (exact) mass is 386 g/mol. The zero-order chi connectivity index (χ0) is 19.3. The van der Waals surface area contributed by atoms with Crippen molar-refractivity contribution in [3.05, 3.63) is 84.3 Å². The summed E-state index contributed by atoms with van der Waals surface area (Å²) in [7, 11) is -3.66. The predicted octanol–water partition coefficient (Wildman–Crippen LogP) is 4.29. The topological polar surface area (TPSA) is 79.3 Å². The van der Waals surface area contributed by atoms with Gasteiger partial charge in [-0.2, -0.15) is 0 Å². The van der Waals surface area contributed by atoms with Crippen LogP contribution in [0.5, 0.6) is 5.75 Å². The molecule has 1 aromatic heterocycles. The second kappa shape index (κ2) is 8.18. The summed E-state index contributed by atoms with van der Waals surface area (Å²) in [5.74, 6) is 0.675. The zero-order valence-corrected chi connectivity index (χ0v) is 15.2. The maximum absolute atomic E-state index is 12.6. The molecule has 0 radical (unpaired) electrons. The Kier molecular flexibility index (Phi) is 5.71. The number of rotatable bonds is 4. The Morgan fingerprint density at radius 1 is 0.963 bits per heavy atom. The zero-order valence-electron chi connectivity index (χ0n) is 14.4. The summed E-state index contributed by atoms with van der Waals surface area (Å²) >= 11 is 0. The number of sulfonamides is 1. The van der Waals surface area contributed by atoms with E-state index in [1.165, 1.54) is 31.0 Å². The minimum absolute atomic E-state index is 0.0789. The van der Waals surface area contributed by atoms with Gasteiger partial charge in [-0.25, -0.2) is 17.8 Å². The SMILES string of the molecule is O=S(=O)(Nc1ccc(F)cn1)c1ccccc1.Oc1ccccc1C1CC1. The van der Waals surface area contributed by atoms with Crippen molar-refractivity contribution in [3.63, 3.8) is 0 Å². The largest absolute Gasteiger partial charge is 0.508 e. The van der Waals surface area contributed by atoms with E-state index in [2.05, 4.69) is 9.71 Å². The molecule has 0 aliphatic heterocycles. The number of benzene rings is 2. The molecule has 0 unspecified atom stereocenters. The van der Waals surface area contributed by atoms with Gasteiger partial charge in [0.25, 0.3) is 10.0 Å². The molecule has 27 heavy (non-hydrogen) atoms. The molecule has 1 saturated carbocycles. The number of hydrogen-bond donors (Lipinski definition) is 2. The predicted molar refractivity (Wildman–Crippen MR) is 102 cm³/mol. The lowest BCUT2D eigenvalue weighted by atomic mass is 10.1. The van der Waals surface area contributed by atoms with Crippen LogP contribution in [0.25, 0.3) is 0 Å². The molecule has 140 valence electrons. The average Bonchev–Trinajstić information content (AvgIpc) is 3.50. The molecule has 1 heterocycles. The number of para-hydroxylation sites is 1. The third-order valence-corrected chi connectivity index (χ3v) is 5.34. The van der Waals surface area contributed by atoms with Crippen LogP contribution in [0.4, 0.5) is 10.2 Å². The van der Waals surface area contributed by atoms with Crippen LogP contribution in [0.1, 0.15) is 24.3 Å². The van der Waals surface area contributed by atoms with E-state index in [-0.39, 0.29) is 10.7 Å². The lowest BCUT2D eigenvalue weighted by molar-refractivity contribution is 0.468. The molecule has 0 bridgehead atoms. The standard InChI is InChI=1S/C11H9FN2O2S.C9H10O/c12-9-6-7-11(13-8-9)14-17(15,16)10-4-2-1-3-5-10;10-9-4-2-1-3-8(9)7-5-6-7/h1-8H,(H,13,14);1-4,7,10H,5-6H2. The molecule has 2 aromatic carbocycles. The van der Waals surface area contributed by atoms with E-state index in [9.17, 15) is 17.9 Å². The van der Waals surface area contributed by atoms with Crippen molar-refractivity contribution in [2.24, 2.45) is 0 Å². The molecule has 0 spiro atoms. The third-order valence-electron chi connectivity index (χ3n) is 3.97. The number of phenolic OH excluding ortho intramolecular Hbond substituents is 1. The number of nitrogens with zero attached hydrogens (tertiary/aromatic N) is 1. The minimum Gasteiger partial charge on any atom is -0.508 e. The first-order valence-electron chi connectivity index (χ1n) is 8.43. The first-order chi connectivity index (χ1) is 13.0. The van der Waals surface area contributed by atoms with Gasteiger partial charge in [0.05, 0.1) is 11.1 Å². The van der Waals surface area contributed by atoms with Crippen molar-refractivity contribution in [2.45, 2.75) is 23.7 Å². The fourth-order valence-electron chi connectivity index (χ4n) is 2.46. The molecule has 0 saturated heterocycles. The molecular weight excluding hydrogens is 367 g/mol. The molecule has 3 aromatic rings. The number of nitrogens with one attached hydrogen (secondary N) is 1. The smallest absolute Gasteiger partial charge is 0.263 e. The van der Waals surface area contributed by atoms with Crippen molar-refractivity contribution in [3.8, 4) is 5.75 Å². The van der Waals surface area contributed by atoms with Gasteiger partial charge in [-0.3, -0.25) is 4.72 Å². The molecule has 0 atom stereocenters.